The summed E-state index contributed by atoms with van der Waals surface area (Å²) in [5.41, 5.74) is 1.63. The van der Waals surface area contributed by atoms with E-state index in [0.29, 0.717) is 22.7 Å². The van der Waals surface area contributed by atoms with Crippen LogP contribution >= 0.6 is 0 Å². The van der Waals surface area contributed by atoms with Crippen LogP contribution in [0, 0.1) is 5.92 Å². The van der Waals surface area contributed by atoms with Crippen LogP contribution in [0.1, 0.15) is 36.4 Å². The molecule has 0 fully saturated rings. The van der Waals surface area contributed by atoms with E-state index in [0.717, 1.165) is 6.42 Å². The highest BCUT2D eigenvalue weighted by molar-refractivity contribution is 6.01. The number of rotatable bonds is 9. The predicted molar refractivity (Wildman–Crippen MR) is 127 cm³/mol. The molecule has 0 aliphatic rings. The lowest BCUT2D eigenvalue weighted by Crippen LogP contribution is -2.47. The van der Waals surface area contributed by atoms with Gasteiger partial charge < -0.3 is 25.7 Å². The lowest BCUT2D eigenvalue weighted by atomic mass is 9.97. The first-order chi connectivity index (χ1) is 16.0. The van der Waals surface area contributed by atoms with Gasteiger partial charge in [0.1, 0.15) is 11.8 Å². The molecule has 3 aromatic rings. The average molecular weight is 449 g/mol. The summed E-state index contributed by atoms with van der Waals surface area (Å²) >= 11 is 0. The Balaban J connectivity index is 1.56. The Hall–Kier alpha value is -4.07. The molecule has 1 aromatic heterocycles. The molecule has 172 valence electrons. The number of carbonyl (C=O) groups excluding carboxylic acids is 3. The number of hydrogen-bond acceptors (Lipinski definition) is 4. The van der Waals surface area contributed by atoms with Gasteiger partial charge in [-0.15, -0.1) is 0 Å². The van der Waals surface area contributed by atoms with E-state index in [1.54, 1.807) is 66.9 Å². The lowest BCUT2D eigenvalue weighted by molar-refractivity contribution is -0.119. The molecule has 2 unspecified atom stereocenters. The first-order valence-corrected chi connectivity index (χ1v) is 10.8. The molecule has 4 N–H and O–H groups in total. The molecule has 2 aromatic carbocycles. The van der Waals surface area contributed by atoms with Gasteiger partial charge in [0.25, 0.3) is 5.91 Å². The van der Waals surface area contributed by atoms with Gasteiger partial charge in [0.15, 0.2) is 0 Å². The van der Waals surface area contributed by atoms with Crippen molar-refractivity contribution >= 4 is 29.2 Å². The highest BCUT2D eigenvalue weighted by Crippen LogP contribution is 2.16. The van der Waals surface area contributed by atoms with Crippen molar-refractivity contribution in [2.45, 2.75) is 32.9 Å². The van der Waals surface area contributed by atoms with E-state index in [4.69, 9.17) is 4.42 Å². The summed E-state index contributed by atoms with van der Waals surface area (Å²) in [4.78, 5) is 37.5. The van der Waals surface area contributed by atoms with Crippen molar-refractivity contribution in [3.05, 3.63) is 84.3 Å². The minimum atomic E-state index is -0.687. The Bertz CT molecular complexity index is 1050. The number of benzene rings is 2. The monoisotopic (exact) mass is 448 g/mol. The van der Waals surface area contributed by atoms with Gasteiger partial charge in [-0.2, -0.15) is 0 Å². The molecule has 8 nitrogen and oxygen atoms in total. The summed E-state index contributed by atoms with van der Waals surface area (Å²) < 4.78 is 5.17. The molecule has 0 saturated carbocycles. The average Bonchev–Trinajstić information content (AvgIpc) is 3.36. The summed E-state index contributed by atoms with van der Waals surface area (Å²) in [5, 5.41) is 11.1. The number of anilines is 2. The molecule has 0 bridgehead atoms. The topological polar surface area (TPSA) is 112 Å². The van der Waals surface area contributed by atoms with E-state index in [1.807, 2.05) is 19.9 Å². The lowest BCUT2D eigenvalue weighted by Gasteiger charge is -2.23. The molecule has 1 heterocycles. The number of amides is 4. The SMILES string of the molecule is CCC(C)C(NC(=O)c1ccccc1)C(=O)Nc1ccc(NC(=O)NCc2ccco2)cc1. The van der Waals surface area contributed by atoms with Crippen LogP contribution in [0.4, 0.5) is 16.2 Å². The van der Waals surface area contributed by atoms with Crippen molar-refractivity contribution in [2.24, 2.45) is 5.92 Å². The number of furan rings is 1. The second kappa shape index (κ2) is 11.5. The highest BCUT2D eigenvalue weighted by atomic mass is 16.3. The van der Waals surface area contributed by atoms with Crippen LogP contribution in [0.3, 0.4) is 0 Å². The number of hydrogen-bond donors (Lipinski definition) is 4. The third kappa shape index (κ3) is 6.96. The molecule has 2 atom stereocenters. The van der Waals surface area contributed by atoms with Crippen molar-refractivity contribution in [3.8, 4) is 0 Å². The van der Waals surface area contributed by atoms with Crippen LogP contribution < -0.4 is 21.3 Å². The quantitative estimate of drug-likeness (QED) is 0.389. The second-order valence-electron chi connectivity index (χ2n) is 7.66. The number of nitrogens with one attached hydrogen (secondary N) is 4. The minimum Gasteiger partial charge on any atom is -0.467 e. The van der Waals surface area contributed by atoms with E-state index in [2.05, 4.69) is 21.3 Å². The fraction of sp³-hybridized carbons (Fsp3) is 0.240. The molecule has 0 aliphatic heterocycles. The van der Waals surface area contributed by atoms with E-state index in [1.165, 1.54) is 0 Å². The molecule has 4 amide bonds. The van der Waals surface area contributed by atoms with Gasteiger partial charge in [-0.3, -0.25) is 9.59 Å². The van der Waals surface area contributed by atoms with Crippen molar-refractivity contribution in [1.82, 2.24) is 10.6 Å². The molecule has 0 spiro atoms. The normalized spacial score (nSPS) is 12.3. The molecular formula is C25H28N4O4. The molecule has 0 aliphatic carbocycles. The fourth-order valence-electron chi connectivity index (χ4n) is 3.13. The van der Waals surface area contributed by atoms with Gasteiger partial charge in [0, 0.05) is 16.9 Å². The summed E-state index contributed by atoms with van der Waals surface area (Å²) in [7, 11) is 0. The first-order valence-electron chi connectivity index (χ1n) is 10.8. The Morgan fingerprint density at radius 2 is 1.55 bits per heavy atom. The maximum Gasteiger partial charge on any atom is 0.319 e. The summed E-state index contributed by atoms with van der Waals surface area (Å²) in [5.74, 6) is -0.00317. The zero-order valence-corrected chi connectivity index (χ0v) is 18.6. The summed E-state index contributed by atoms with van der Waals surface area (Å²) in [6, 6.07) is 18.0. The zero-order chi connectivity index (χ0) is 23.6. The van der Waals surface area contributed by atoms with Crippen molar-refractivity contribution in [1.29, 1.82) is 0 Å². The van der Waals surface area contributed by atoms with Crippen molar-refractivity contribution < 1.29 is 18.8 Å². The van der Waals surface area contributed by atoms with Crippen molar-refractivity contribution in [2.75, 3.05) is 10.6 Å². The van der Waals surface area contributed by atoms with Gasteiger partial charge in [0.05, 0.1) is 12.8 Å². The number of urea groups is 1. The molecule has 33 heavy (non-hydrogen) atoms. The van der Waals surface area contributed by atoms with Gasteiger partial charge in [-0.05, 0) is 54.4 Å². The number of carbonyl (C=O) groups is 3. The highest BCUT2D eigenvalue weighted by Gasteiger charge is 2.26. The molecule has 0 saturated heterocycles. The Labute approximate surface area is 192 Å². The Morgan fingerprint density at radius 3 is 2.15 bits per heavy atom. The van der Waals surface area contributed by atoms with E-state index in [-0.39, 0.29) is 30.3 Å². The second-order valence-corrected chi connectivity index (χ2v) is 7.66. The van der Waals surface area contributed by atoms with Gasteiger partial charge in [-0.25, -0.2) is 4.79 Å². The zero-order valence-electron chi connectivity index (χ0n) is 18.6. The molecule has 8 heteroatoms. The smallest absolute Gasteiger partial charge is 0.319 e. The molecule has 3 rings (SSSR count). The third-order valence-electron chi connectivity index (χ3n) is 5.23. The summed E-state index contributed by atoms with van der Waals surface area (Å²) in [6.45, 7) is 4.17. The van der Waals surface area contributed by atoms with Crippen LogP contribution in [0.15, 0.2) is 77.4 Å². The standard InChI is InChI=1S/C25H28N4O4/c1-3-17(2)22(29-23(30)18-8-5-4-6-9-18)24(31)27-19-11-13-20(14-12-19)28-25(32)26-16-21-10-7-15-33-21/h4-15,17,22H,3,16H2,1-2H3,(H,27,31)(H,29,30)(H2,26,28,32). The van der Waals surface area contributed by atoms with E-state index in [9.17, 15) is 14.4 Å². The predicted octanol–water partition coefficient (Wildman–Crippen LogP) is 4.38. The maximum atomic E-state index is 12.9. The van der Waals surface area contributed by atoms with E-state index >= 15 is 0 Å². The van der Waals surface area contributed by atoms with Gasteiger partial charge >= 0.3 is 6.03 Å². The van der Waals surface area contributed by atoms with E-state index < -0.39 is 6.04 Å². The van der Waals surface area contributed by atoms with Gasteiger partial charge in [0.2, 0.25) is 5.91 Å². The van der Waals surface area contributed by atoms with Crippen LogP contribution in [0.2, 0.25) is 0 Å². The molecule has 0 radical (unpaired) electrons. The maximum absolute atomic E-state index is 12.9. The van der Waals surface area contributed by atoms with Gasteiger partial charge in [-0.1, -0.05) is 38.5 Å². The largest absolute Gasteiger partial charge is 0.467 e. The Kier molecular flexibility index (Phi) is 8.24. The van der Waals surface area contributed by atoms with Crippen LogP contribution in [-0.4, -0.2) is 23.9 Å². The van der Waals surface area contributed by atoms with Crippen LogP contribution in [0.25, 0.3) is 0 Å². The minimum absolute atomic E-state index is 0.0588. The third-order valence-corrected chi connectivity index (χ3v) is 5.23. The Morgan fingerprint density at radius 1 is 0.879 bits per heavy atom. The summed E-state index contributed by atoms with van der Waals surface area (Å²) in [6.07, 6.45) is 2.27. The molecular weight excluding hydrogens is 420 g/mol. The van der Waals surface area contributed by atoms with Crippen LogP contribution in [-0.2, 0) is 11.3 Å². The van der Waals surface area contributed by atoms with Crippen molar-refractivity contribution in [3.63, 3.8) is 0 Å². The first kappa shape index (κ1) is 23.6. The fourth-order valence-corrected chi connectivity index (χ4v) is 3.13. The van der Waals surface area contributed by atoms with Crippen LogP contribution in [0.5, 0.6) is 0 Å².